The Morgan fingerprint density at radius 1 is 1.04 bits per heavy atom. The highest BCUT2D eigenvalue weighted by Crippen LogP contribution is 2.28. The Labute approximate surface area is 143 Å². The highest BCUT2D eigenvalue weighted by atomic mass is 16.5. The van der Waals surface area contributed by atoms with Crippen LogP contribution in [0, 0.1) is 5.92 Å². The van der Waals surface area contributed by atoms with E-state index in [4.69, 9.17) is 5.21 Å². The van der Waals surface area contributed by atoms with Crippen molar-refractivity contribution in [1.82, 2.24) is 5.48 Å². The molecular formula is C20H24N2O2. The van der Waals surface area contributed by atoms with E-state index in [2.05, 4.69) is 24.0 Å². The summed E-state index contributed by atoms with van der Waals surface area (Å²) < 4.78 is 0. The van der Waals surface area contributed by atoms with Crippen LogP contribution < -0.4 is 10.4 Å². The molecule has 1 aliphatic heterocycles. The molecule has 0 aliphatic carbocycles. The van der Waals surface area contributed by atoms with Crippen LogP contribution in [-0.2, 0) is 4.79 Å². The smallest absolute Gasteiger partial charge is 0.255 e. The maximum atomic E-state index is 12.2. The van der Waals surface area contributed by atoms with Crippen molar-refractivity contribution in [2.75, 3.05) is 18.0 Å². The van der Waals surface area contributed by atoms with Gasteiger partial charge in [0.05, 0.1) is 5.92 Å². The Bertz CT molecular complexity index is 662. The molecule has 0 radical (unpaired) electrons. The highest BCUT2D eigenvalue weighted by Gasteiger charge is 2.23. The van der Waals surface area contributed by atoms with Crippen molar-refractivity contribution < 1.29 is 10.0 Å². The molecular weight excluding hydrogens is 300 g/mol. The van der Waals surface area contributed by atoms with Gasteiger partial charge in [0.15, 0.2) is 0 Å². The van der Waals surface area contributed by atoms with Crippen molar-refractivity contribution in [1.29, 1.82) is 0 Å². The Morgan fingerprint density at radius 3 is 2.21 bits per heavy atom. The third-order valence-electron chi connectivity index (χ3n) is 4.88. The summed E-state index contributed by atoms with van der Waals surface area (Å²) in [5.41, 5.74) is 4.73. The van der Waals surface area contributed by atoms with Crippen LogP contribution in [0.2, 0.25) is 0 Å². The van der Waals surface area contributed by atoms with E-state index in [1.165, 1.54) is 18.5 Å². The third kappa shape index (κ3) is 3.60. The Kier molecular flexibility index (Phi) is 5.16. The van der Waals surface area contributed by atoms with Gasteiger partial charge in [0.25, 0.3) is 5.91 Å². The van der Waals surface area contributed by atoms with Gasteiger partial charge in [0.2, 0.25) is 0 Å². The minimum Gasteiger partial charge on any atom is -0.372 e. The SMILES string of the molecule is CC1CCN(c2ccc(C(C(=O)NO)c3ccccc3)cc2)CC1. The number of rotatable bonds is 4. The normalized spacial score (nSPS) is 16.7. The van der Waals surface area contributed by atoms with Crippen molar-refractivity contribution in [3.63, 3.8) is 0 Å². The van der Waals surface area contributed by atoms with Gasteiger partial charge in [-0.3, -0.25) is 10.0 Å². The first kappa shape index (κ1) is 16.5. The van der Waals surface area contributed by atoms with E-state index >= 15 is 0 Å². The van der Waals surface area contributed by atoms with Gasteiger partial charge in [0.1, 0.15) is 0 Å². The number of nitrogens with one attached hydrogen (secondary N) is 1. The summed E-state index contributed by atoms with van der Waals surface area (Å²) in [5.74, 6) is -0.122. The molecule has 2 aromatic carbocycles. The maximum absolute atomic E-state index is 12.2. The molecule has 1 fully saturated rings. The van der Waals surface area contributed by atoms with Crippen molar-refractivity contribution in [3.05, 3.63) is 65.7 Å². The maximum Gasteiger partial charge on any atom is 0.255 e. The number of benzene rings is 2. The molecule has 0 bridgehead atoms. The van der Waals surface area contributed by atoms with Gasteiger partial charge >= 0.3 is 0 Å². The number of piperidine rings is 1. The zero-order valence-corrected chi connectivity index (χ0v) is 14.0. The summed E-state index contributed by atoms with van der Waals surface area (Å²) in [7, 11) is 0. The molecule has 3 rings (SSSR count). The summed E-state index contributed by atoms with van der Waals surface area (Å²) in [4.78, 5) is 14.6. The standard InChI is InChI=1S/C20H24N2O2/c1-15-11-13-22(14-12-15)18-9-7-17(8-10-18)19(20(23)21-24)16-5-3-2-4-6-16/h2-10,15,19,24H,11-14H2,1H3,(H,21,23). The molecule has 126 valence electrons. The topological polar surface area (TPSA) is 52.6 Å². The number of anilines is 1. The minimum absolute atomic E-state index is 0.416. The monoisotopic (exact) mass is 324 g/mol. The fourth-order valence-electron chi connectivity index (χ4n) is 3.35. The van der Waals surface area contributed by atoms with E-state index in [1.807, 2.05) is 42.5 Å². The second-order valence-electron chi connectivity index (χ2n) is 6.58. The average molecular weight is 324 g/mol. The van der Waals surface area contributed by atoms with Crippen LogP contribution in [0.4, 0.5) is 5.69 Å². The van der Waals surface area contributed by atoms with Crippen LogP contribution in [0.15, 0.2) is 54.6 Å². The molecule has 2 N–H and O–H groups in total. The Balaban J connectivity index is 1.83. The largest absolute Gasteiger partial charge is 0.372 e. The van der Waals surface area contributed by atoms with Crippen molar-refractivity contribution >= 4 is 11.6 Å². The molecule has 1 saturated heterocycles. The zero-order valence-electron chi connectivity index (χ0n) is 14.0. The summed E-state index contributed by atoms with van der Waals surface area (Å²) in [6.07, 6.45) is 2.45. The van der Waals surface area contributed by atoms with E-state index in [0.717, 1.165) is 30.1 Å². The summed E-state index contributed by atoms with van der Waals surface area (Å²) in [6, 6.07) is 17.6. The molecule has 1 amide bonds. The molecule has 24 heavy (non-hydrogen) atoms. The van der Waals surface area contributed by atoms with Gasteiger partial charge in [-0.15, -0.1) is 0 Å². The van der Waals surface area contributed by atoms with Gasteiger partial charge in [-0.1, -0.05) is 49.4 Å². The lowest BCUT2D eigenvalue weighted by atomic mass is 9.90. The predicted octanol–water partition coefficient (Wildman–Crippen LogP) is 3.56. The summed E-state index contributed by atoms with van der Waals surface area (Å²) >= 11 is 0. The van der Waals surface area contributed by atoms with Gasteiger partial charge in [-0.2, -0.15) is 0 Å². The van der Waals surface area contributed by atoms with Crippen molar-refractivity contribution in [3.8, 4) is 0 Å². The summed E-state index contributed by atoms with van der Waals surface area (Å²) in [6.45, 7) is 4.47. The quantitative estimate of drug-likeness (QED) is 0.668. The zero-order chi connectivity index (χ0) is 16.9. The van der Waals surface area contributed by atoms with E-state index in [9.17, 15) is 4.79 Å². The van der Waals surface area contributed by atoms with Gasteiger partial charge < -0.3 is 4.90 Å². The van der Waals surface area contributed by atoms with Crippen LogP contribution in [0.5, 0.6) is 0 Å². The predicted molar refractivity (Wildman–Crippen MR) is 95.3 cm³/mol. The Hall–Kier alpha value is -2.33. The Morgan fingerprint density at radius 2 is 1.62 bits per heavy atom. The van der Waals surface area contributed by atoms with E-state index < -0.39 is 11.8 Å². The first-order valence-corrected chi connectivity index (χ1v) is 8.53. The van der Waals surface area contributed by atoms with Crippen LogP contribution in [0.1, 0.15) is 36.8 Å². The number of hydrogen-bond donors (Lipinski definition) is 2. The molecule has 0 saturated carbocycles. The fourth-order valence-corrected chi connectivity index (χ4v) is 3.35. The van der Waals surface area contributed by atoms with Gasteiger partial charge in [0, 0.05) is 18.8 Å². The van der Waals surface area contributed by atoms with E-state index in [-0.39, 0.29) is 0 Å². The first-order chi connectivity index (χ1) is 11.7. The van der Waals surface area contributed by atoms with E-state index in [0.29, 0.717) is 0 Å². The lowest BCUT2D eigenvalue weighted by Crippen LogP contribution is -2.32. The number of hydrogen-bond acceptors (Lipinski definition) is 3. The van der Waals surface area contributed by atoms with Crippen molar-refractivity contribution in [2.24, 2.45) is 5.92 Å². The second kappa shape index (κ2) is 7.49. The van der Waals surface area contributed by atoms with Gasteiger partial charge in [-0.05, 0) is 42.0 Å². The molecule has 0 spiro atoms. The molecule has 1 aliphatic rings. The molecule has 1 heterocycles. The molecule has 4 nitrogen and oxygen atoms in total. The van der Waals surface area contributed by atoms with Crippen LogP contribution >= 0.6 is 0 Å². The molecule has 0 aromatic heterocycles. The molecule has 4 heteroatoms. The highest BCUT2D eigenvalue weighted by molar-refractivity contribution is 5.86. The van der Waals surface area contributed by atoms with Gasteiger partial charge in [-0.25, -0.2) is 5.48 Å². The number of hydroxylamine groups is 1. The molecule has 1 unspecified atom stereocenters. The van der Waals surface area contributed by atoms with Crippen molar-refractivity contribution in [2.45, 2.75) is 25.7 Å². The fraction of sp³-hybridized carbons (Fsp3) is 0.350. The number of nitrogens with zero attached hydrogens (tertiary/aromatic N) is 1. The molecule has 1 atom stereocenters. The second-order valence-corrected chi connectivity index (χ2v) is 6.58. The van der Waals surface area contributed by atoms with Crippen LogP contribution in [0.25, 0.3) is 0 Å². The lowest BCUT2D eigenvalue weighted by molar-refractivity contribution is -0.129. The minimum atomic E-state index is -0.508. The number of amides is 1. The number of carbonyl (C=O) groups excluding carboxylic acids is 1. The lowest BCUT2D eigenvalue weighted by Gasteiger charge is -2.32. The van der Waals surface area contributed by atoms with Crippen LogP contribution in [0.3, 0.4) is 0 Å². The third-order valence-corrected chi connectivity index (χ3v) is 4.88. The first-order valence-electron chi connectivity index (χ1n) is 8.53. The number of carbonyl (C=O) groups is 1. The summed E-state index contributed by atoms with van der Waals surface area (Å²) in [5, 5.41) is 9.10. The van der Waals surface area contributed by atoms with Crippen LogP contribution in [-0.4, -0.2) is 24.2 Å². The average Bonchev–Trinajstić information content (AvgIpc) is 2.64. The van der Waals surface area contributed by atoms with E-state index in [1.54, 1.807) is 5.48 Å². The molecule has 2 aromatic rings.